The molecule has 0 aliphatic heterocycles. The van der Waals surface area contributed by atoms with Crippen molar-refractivity contribution in [2.75, 3.05) is 0 Å². The normalized spacial score (nSPS) is 33.5. The third-order valence-electron chi connectivity index (χ3n) is 5.67. The summed E-state index contributed by atoms with van der Waals surface area (Å²) in [5, 5.41) is 0. The van der Waals surface area contributed by atoms with Gasteiger partial charge in [-0.3, -0.25) is 0 Å². The molecule has 0 heterocycles. The molecule has 3 aliphatic carbocycles. The summed E-state index contributed by atoms with van der Waals surface area (Å²) in [5.74, 6) is -0.519. The van der Waals surface area contributed by atoms with E-state index in [-0.39, 0.29) is 18.3 Å². The minimum absolute atomic E-state index is 0.0642. The first-order chi connectivity index (χ1) is 8.09. The summed E-state index contributed by atoms with van der Waals surface area (Å²) in [6.45, 7) is 0. The molecule has 0 saturated heterocycles. The number of hydrogen-bond donors (Lipinski definition) is 0. The second-order valence-corrected chi connectivity index (χ2v) is 6.95. The lowest BCUT2D eigenvalue weighted by atomic mass is 9.55. The Morgan fingerprint density at radius 1 is 0.706 bits per heavy atom. The van der Waals surface area contributed by atoms with Gasteiger partial charge in [0.25, 0.3) is 0 Å². The average molecular weight is 242 g/mol. The molecule has 3 rings (SSSR count). The van der Waals surface area contributed by atoms with Crippen molar-refractivity contribution >= 4 is 0 Å². The SMILES string of the molecule is FC1(F)CC2(CCC(C3CCCCC3)CC2)C1. The quantitative estimate of drug-likeness (QED) is 0.595. The van der Waals surface area contributed by atoms with Crippen molar-refractivity contribution in [3.63, 3.8) is 0 Å². The van der Waals surface area contributed by atoms with Gasteiger partial charge in [0.2, 0.25) is 5.92 Å². The van der Waals surface area contributed by atoms with E-state index in [9.17, 15) is 8.78 Å². The zero-order valence-corrected chi connectivity index (χ0v) is 10.7. The van der Waals surface area contributed by atoms with E-state index in [1.807, 2.05) is 0 Å². The van der Waals surface area contributed by atoms with Crippen molar-refractivity contribution in [2.24, 2.45) is 17.3 Å². The fourth-order valence-electron chi connectivity index (χ4n) is 4.73. The highest BCUT2D eigenvalue weighted by Crippen LogP contribution is 2.60. The van der Waals surface area contributed by atoms with Crippen LogP contribution in [0.4, 0.5) is 8.78 Å². The predicted octanol–water partition coefficient (Wildman–Crippen LogP) is 5.17. The van der Waals surface area contributed by atoms with Crippen LogP contribution in [0.1, 0.15) is 70.6 Å². The number of alkyl halides is 2. The van der Waals surface area contributed by atoms with Crippen molar-refractivity contribution in [3.05, 3.63) is 0 Å². The molecule has 0 aromatic carbocycles. The van der Waals surface area contributed by atoms with E-state index in [0.717, 1.165) is 24.7 Å². The molecule has 0 aromatic rings. The van der Waals surface area contributed by atoms with Crippen LogP contribution in [0.25, 0.3) is 0 Å². The third kappa shape index (κ3) is 2.37. The first-order valence-corrected chi connectivity index (χ1v) is 7.47. The Labute approximate surface area is 103 Å². The lowest BCUT2D eigenvalue weighted by Crippen LogP contribution is -2.48. The fourth-order valence-corrected chi connectivity index (χ4v) is 4.73. The molecule has 0 aromatic heterocycles. The largest absolute Gasteiger partial charge is 0.249 e. The molecule has 3 saturated carbocycles. The van der Waals surface area contributed by atoms with Gasteiger partial charge in [0.05, 0.1) is 0 Å². The summed E-state index contributed by atoms with van der Waals surface area (Å²) >= 11 is 0. The van der Waals surface area contributed by atoms with Crippen LogP contribution >= 0.6 is 0 Å². The van der Waals surface area contributed by atoms with Crippen LogP contribution in [0.15, 0.2) is 0 Å². The number of rotatable bonds is 1. The van der Waals surface area contributed by atoms with Crippen LogP contribution < -0.4 is 0 Å². The first-order valence-electron chi connectivity index (χ1n) is 7.47. The highest BCUT2D eigenvalue weighted by Gasteiger charge is 2.56. The molecule has 1 spiro atoms. The van der Waals surface area contributed by atoms with Crippen molar-refractivity contribution in [1.82, 2.24) is 0 Å². The molecule has 0 nitrogen and oxygen atoms in total. The Balaban J connectivity index is 1.51. The van der Waals surface area contributed by atoms with E-state index >= 15 is 0 Å². The van der Waals surface area contributed by atoms with Gasteiger partial charge < -0.3 is 0 Å². The molecule has 0 N–H and O–H groups in total. The maximum Gasteiger partial charge on any atom is 0.249 e. The van der Waals surface area contributed by atoms with Crippen molar-refractivity contribution in [1.29, 1.82) is 0 Å². The van der Waals surface area contributed by atoms with Crippen molar-refractivity contribution in [2.45, 2.75) is 76.6 Å². The topological polar surface area (TPSA) is 0 Å². The summed E-state index contributed by atoms with van der Waals surface area (Å²) in [5.41, 5.74) is 0.0642. The summed E-state index contributed by atoms with van der Waals surface area (Å²) in [4.78, 5) is 0. The maximum absolute atomic E-state index is 13.0. The van der Waals surface area contributed by atoms with Gasteiger partial charge in [0, 0.05) is 12.8 Å². The fraction of sp³-hybridized carbons (Fsp3) is 1.00. The van der Waals surface area contributed by atoms with Gasteiger partial charge in [-0.25, -0.2) is 8.78 Å². The van der Waals surface area contributed by atoms with Crippen LogP contribution in [0, 0.1) is 17.3 Å². The number of halogens is 2. The Morgan fingerprint density at radius 2 is 1.24 bits per heavy atom. The summed E-state index contributed by atoms with van der Waals surface area (Å²) in [6.07, 6.45) is 12.1. The minimum Gasteiger partial charge on any atom is -0.207 e. The van der Waals surface area contributed by atoms with E-state index in [4.69, 9.17) is 0 Å². The summed E-state index contributed by atoms with van der Waals surface area (Å²) < 4.78 is 26.0. The van der Waals surface area contributed by atoms with Crippen molar-refractivity contribution < 1.29 is 8.78 Å². The van der Waals surface area contributed by atoms with E-state index in [2.05, 4.69) is 0 Å². The Bertz CT molecular complexity index is 261. The molecule has 0 amide bonds. The highest BCUT2D eigenvalue weighted by molar-refractivity contribution is 5.01. The molecule has 0 atom stereocenters. The smallest absolute Gasteiger partial charge is 0.207 e. The Morgan fingerprint density at radius 3 is 1.76 bits per heavy atom. The third-order valence-corrected chi connectivity index (χ3v) is 5.67. The van der Waals surface area contributed by atoms with E-state index in [1.165, 1.54) is 44.9 Å². The van der Waals surface area contributed by atoms with Crippen LogP contribution in [0.5, 0.6) is 0 Å². The van der Waals surface area contributed by atoms with Gasteiger partial charge in [-0.2, -0.15) is 0 Å². The summed E-state index contributed by atoms with van der Waals surface area (Å²) in [7, 11) is 0. The lowest BCUT2D eigenvalue weighted by molar-refractivity contribution is -0.177. The molecule has 3 aliphatic rings. The van der Waals surface area contributed by atoms with E-state index < -0.39 is 5.92 Å². The molecule has 0 bridgehead atoms. The van der Waals surface area contributed by atoms with Gasteiger partial charge in [-0.05, 0) is 42.9 Å². The maximum atomic E-state index is 13.0. The zero-order valence-electron chi connectivity index (χ0n) is 10.7. The first kappa shape index (κ1) is 11.9. The predicted molar refractivity (Wildman–Crippen MR) is 65.1 cm³/mol. The van der Waals surface area contributed by atoms with E-state index in [0.29, 0.717) is 0 Å². The average Bonchev–Trinajstić information content (AvgIpc) is 2.29. The van der Waals surface area contributed by atoms with Gasteiger partial charge in [-0.1, -0.05) is 32.1 Å². The second-order valence-electron chi connectivity index (χ2n) is 6.95. The van der Waals surface area contributed by atoms with Crippen LogP contribution in [0.3, 0.4) is 0 Å². The molecular weight excluding hydrogens is 218 g/mol. The van der Waals surface area contributed by atoms with Gasteiger partial charge in [0.1, 0.15) is 0 Å². The zero-order chi connectivity index (χ0) is 11.9. The van der Waals surface area contributed by atoms with Crippen molar-refractivity contribution in [3.8, 4) is 0 Å². The van der Waals surface area contributed by atoms with Gasteiger partial charge in [-0.15, -0.1) is 0 Å². The van der Waals surface area contributed by atoms with Gasteiger partial charge in [0.15, 0.2) is 0 Å². The second kappa shape index (κ2) is 4.20. The molecule has 2 heteroatoms. The molecule has 3 fully saturated rings. The molecule has 0 unspecified atom stereocenters. The van der Waals surface area contributed by atoms with Crippen LogP contribution in [0.2, 0.25) is 0 Å². The molecule has 17 heavy (non-hydrogen) atoms. The molecular formula is C15H24F2. The standard InChI is InChI=1S/C15H24F2/c16-15(17)10-14(11-15)8-6-13(7-9-14)12-4-2-1-3-5-12/h12-13H,1-11H2. The molecule has 98 valence electrons. The Kier molecular flexibility index (Phi) is 2.95. The molecule has 0 radical (unpaired) electrons. The number of hydrogen-bond acceptors (Lipinski definition) is 0. The van der Waals surface area contributed by atoms with Gasteiger partial charge >= 0.3 is 0 Å². The highest BCUT2D eigenvalue weighted by atomic mass is 19.3. The minimum atomic E-state index is -2.32. The summed E-state index contributed by atoms with van der Waals surface area (Å²) in [6, 6.07) is 0. The monoisotopic (exact) mass is 242 g/mol. The lowest BCUT2D eigenvalue weighted by Gasteiger charge is -2.52. The van der Waals surface area contributed by atoms with Crippen LogP contribution in [-0.2, 0) is 0 Å². The van der Waals surface area contributed by atoms with E-state index in [1.54, 1.807) is 0 Å². The van der Waals surface area contributed by atoms with Crippen LogP contribution in [-0.4, -0.2) is 5.92 Å². The Hall–Kier alpha value is -0.140.